The van der Waals surface area contributed by atoms with Gasteiger partial charge in [0.05, 0.1) is 16.8 Å². The molecule has 134 valence electrons. The van der Waals surface area contributed by atoms with E-state index in [9.17, 15) is 8.42 Å². The highest BCUT2D eigenvalue weighted by Crippen LogP contribution is 2.25. The number of benzene rings is 1. The fraction of sp³-hybridized carbons (Fsp3) is 0.312. The Hall–Kier alpha value is -1.13. The number of fused-ring (bicyclic) bond motifs is 1. The van der Waals surface area contributed by atoms with Crippen LogP contribution in [0.25, 0.3) is 10.2 Å². The Labute approximate surface area is 159 Å². The fourth-order valence-electron chi connectivity index (χ4n) is 2.32. The molecular formula is C16H18N2O3S4. The Kier molecular flexibility index (Phi) is 6.00. The van der Waals surface area contributed by atoms with Crippen LogP contribution in [0.15, 0.2) is 49.2 Å². The number of hydrogen-bond acceptors (Lipinski definition) is 6. The minimum absolute atomic E-state index is 0.256. The summed E-state index contributed by atoms with van der Waals surface area (Å²) in [5, 5.41) is 1.74. The van der Waals surface area contributed by atoms with E-state index in [1.807, 2.05) is 29.9 Å². The molecule has 0 N–H and O–H groups in total. The lowest BCUT2D eigenvalue weighted by Gasteiger charge is -2.06. The lowest BCUT2D eigenvalue weighted by Crippen LogP contribution is -2.19. The number of aromatic nitrogens is 1. The average Bonchev–Trinajstić information content (AvgIpc) is 3.23. The minimum Gasteiger partial charge on any atom is -0.380 e. The molecule has 0 aliphatic rings. The van der Waals surface area contributed by atoms with E-state index in [1.165, 1.54) is 22.7 Å². The van der Waals surface area contributed by atoms with E-state index < -0.39 is 10.0 Å². The summed E-state index contributed by atoms with van der Waals surface area (Å²) < 4.78 is 37.8. The molecule has 0 atom stereocenters. The van der Waals surface area contributed by atoms with Gasteiger partial charge < -0.3 is 9.30 Å². The third kappa shape index (κ3) is 4.17. The first-order valence-corrected chi connectivity index (χ1v) is 12.0. The fourth-order valence-corrected chi connectivity index (χ4v) is 6.11. The van der Waals surface area contributed by atoms with Crippen molar-refractivity contribution in [3.05, 3.63) is 40.5 Å². The van der Waals surface area contributed by atoms with E-state index in [0.717, 1.165) is 15.1 Å². The van der Waals surface area contributed by atoms with Crippen LogP contribution in [0.1, 0.15) is 6.92 Å². The predicted molar refractivity (Wildman–Crippen MR) is 105 cm³/mol. The van der Waals surface area contributed by atoms with Crippen LogP contribution in [0, 0.1) is 0 Å². The maximum absolute atomic E-state index is 12.5. The van der Waals surface area contributed by atoms with E-state index in [2.05, 4.69) is 10.5 Å². The van der Waals surface area contributed by atoms with E-state index in [0.29, 0.717) is 24.6 Å². The van der Waals surface area contributed by atoms with Gasteiger partial charge >= 0.3 is 0 Å². The van der Waals surface area contributed by atoms with E-state index in [1.54, 1.807) is 29.3 Å². The molecule has 0 saturated heterocycles. The molecule has 5 nitrogen and oxygen atoms in total. The predicted octanol–water partition coefficient (Wildman–Crippen LogP) is 3.81. The van der Waals surface area contributed by atoms with Crippen molar-refractivity contribution in [2.75, 3.05) is 19.5 Å². The number of sulfonamides is 1. The van der Waals surface area contributed by atoms with Gasteiger partial charge in [0.2, 0.25) is 4.80 Å². The normalized spacial score (nSPS) is 13.0. The molecule has 9 heteroatoms. The molecule has 0 bridgehead atoms. The summed E-state index contributed by atoms with van der Waals surface area (Å²) in [6.45, 7) is 3.64. The van der Waals surface area contributed by atoms with Crippen LogP contribution in [0.5, 0.6) is 0 Å². The third-order valence-corrected chi connectivity index (χ3v) is 8.02. The lowest BCUT2D eigenvalue weighted by atomic mass is 10.3. The quantitative estimate of drug-likeness (QED) is 0.436. The number of ether oxygens (including phenoxy) is 1. The second-order valence-electron chi connectivity index (χ2n) is 5.07. The minimum atomic E-state index is -3.70. The summed E-state index contributed by atoms with van der Waals surface area (Å²) in [4.78, 5) is 1.61. The molecule has 3 aromatic rings. The second kappa shape index (κ2) is 8.05. The van der Waals surface area contributed by atoms with Crippen molar-refractivity contribution in [3.8, 4) is 0 Å². The Bertz CT molecular complexity index is 1020. The van der Waals surface area contributed by atoms with Crippen LogP contribution >= 0.6 is 34.4 Å². The van der Waals surface area contributed by atoms with Gasteiger partial charge in [0, 0.05) is 18.0 Å². The smallest absolute Gasteiger partial charge is 0.294 e. The van der Waals surface area contributed by atoms with Crippen LogP contribution in [-0.4, -0.2) is 32.5 Å². The first-order valence-electron chi connectivity index (χ1n) is 7.65. The monoisotopic (exact) mass is 414 g/mol. The molecule has 0 aliphatic heterocycles. The first-order chi connectivity index (χ1) is 12.0. The van der Waals surface area contributed by atoms with Gasteiger partial charge in [-0.3, -0.25) is 0 Å². The van der Waals surface area contributed by atoms with Gasteiger partial charge in [-0.25, -0.2) is 0 Å². The summed E-state index contributed by atoms with van der Waals surface area (Å²) >= 11 is 4.22. The first kappa shape index (κ1) is 18.7. The molecule has 2 heterocycles. The Morgan fingerprint density at radius 2 is 2.16 bits per heavy atom. The van der Waals surface area contributed by atoms with Gasteiger partial charge in [0.1, 0.15) is 4.21 Å². The highest BCUT2D eigenvalue weighted by Gasteiger charge is 2.16. The topological polar surface area (TPSA) is 60.7 Å². The van der Waals surface area contributed by atoms with Crippen LogP contribution in [0.2, 0.25) is 0 Å². The molecule has 0 fully saturated rings. The van der Waals surface area contributed by atoms with Crippen LogP contribution in [0.4, 0.5) is 0 Å². The van der Waals surface area contributed by atoms with Crippen LogP contribution in [0.3, 0.4) is 0 Å². The summed E-state index contributed by atoms with van der Waals surface area (Å²) in [7, 11) is -3.70. The van der Waals surface area contributed by atoms with Gasteiger partial charge in [-0.2, -0.15) is 8.42 Å². The van der Waals surface area contributed by atoms with Gasteiger partial charge in [0.25, 0.3) is 10.0 Å². The largest absolute Gasteiger partial charge is 0.380 e. The van der Waals surface area contributed by atoms with Crippen LogP contribution < -0.4 is 4.80 Å². The van der Waals surface area contributed by atoms with Crippen molar-refractivity contribution in [3.63, 3.8) is 0 Å². The summed E-state index contributed by atoms with van der Waals surface area (Å²) in [5.41, 5.74) is 0.975. The van der Waals surface area contributed by atoms with Crippen molar-refractivity contribution >= 4 is 54.7 Å². The summed E-state index contributed by atoms with van der Waals surface area (Å²) in [5.74, 6) is 0. The maximum atomic E-state index is 12.5. The molecular weight excluding hydrogens is 396 g/mol. The zero-order valence-electron chi connectivity index (χ0n) is 13.8. The van der Waals surface area contributed by atoms with E-state index >= 15 is 0 Å². The SMILES string of the molecule is CCOCCn1/c(=N/S(=O)(=O)c2cccs2)sc2cc(SC)ccc21. The van der Waals surface area contributed by atoms with Gasteiger partial charge in [-0.05, 0) is 42.8 Å². The molecule has 0 saturated carbocycles. The molecule has 0 spiro atoms. The molecule has 0 amide bonds. The molecule has 0 aliphatic carbocycles. The highest BCUT2D eigenvalue weighted by atomic mass is 32.2. The zero-order valence-corrected chi connectivity index (χ0v) is 17.1. The van der Waals surface area contributed by atoms with Gasteiger partial charge in [-0.1, -0.05) is 17.4 Å². The third-order valence-electron chi connectivity index (χ3n) is 3.50. The van der Waals surface area contributed by atoms with Crippen molar-refractivity contribution < 1.29 is 13.2 Å². The number of thiophene rings is 1. The average molecular weight is 415 g/mol. The van der Waals surface area contributed by atoms with Crippen molar-refractivity contribution in [1.29, 1.82) is 0 Å². The number of thiazole rings is 1. The van der Waals surface area contributed by atoms with Gasteiger partial charge in [-0.15, -0.1) is 27.5 Å². The molecule has 25 heavy (non-hydrogen) atoms. The van der Waals surface area contributed by atoms with Crippen molar-refractivity contribution in [1.82, 2.24) is 4.57 Å². The molecule has 3 rings (SSSR count). The standard InChI is InChI=1S/C16H18N2O3S4/c1-3-21-9-8-18-13-7-6-12(22-2)11-14(13)24-16(18)17-25(19,20)15-5-4-10-23-15/h4-7,10-11H,3,8-9H2,1-2H3/b17-16-. The Morgan fingerprint density at radius 1 is 1.32 bits per heavy atom. The molecule has 0 radical (unpaired) electrons. The Morgan fingerprint density at radius 3 is 2.84 bits per heavy atom. The number of hydrogen-bond donors (Lipinski definition) is 0. The summed E-state index contributed by atoms with van der Waals surface area (Å²) in [6.07, 6.45) is 2.02. The zero-order chi connectivity index (χ0) is 17.9. The highest BCUT2D eigenvalue weighted by molar-refractivity contribution is 7.98. The lowest BCUT2D eigenvalue weighted by molar-refractivity contribution is 0.139. The molecule has 2 aromatic heterocycles. The molecule has 1 aromatic carbocycles. The Balaban J connectivity index is 2.15. The van der Waals surface area contributed by atoms with Crippen molar-refractivity contribution in [2.45, 2.75) is 22.6 Å². The van der Waals surface area contributed by atoms with E-state index in [-0.39, 0.29) is 4.21 Å². The number of nitrogens with zero attached hydrogens (tertiary/aromatic N) is 2. The van der Waals surface area contributed by atoms with Crippen molar-refractivity contribution in [2.24, 2.45) is 4.40 Å². The summed E-state index contributed by atoms with van der Waals surface area (Å²) in [6, 6.07) is 9.41. The van der Waals surface area contributed by atoms with Gasteiger partial charge in [0.15, 0.2) is 0 Å². The number of thioether (sulfide) groups is 1. The van der Waals surface area contributed by atoms with Crippen LogP contribution in [-0.2, 0) is 21.3 Å². The number of rotatable bonds is 7. The second-order valence-corrected chi connectivity index (χ2v) is 9.73. The van der Waals surface area contributed by atoms with E-state index in [4.69, 9.17) is 4.74 Å². The molecule has 0 unspecified atom stereocenters. The maximum Gasteiger partial charge on any atom is 0.294 e.